The van der Waals surface area contributed by atoms with Crippen molar-refractivity contribution in [3.63, 3.8) is 0 Å². The molecule has 0 spiro atoms. The lowest BCUT2D eigenvalue weighted by Gasteiger charge is -2.45. The Hall–Kier alpha value is -2.17. The van der Waals surface area contributed by atoms with Gasteiger partial charge in [0.15, 0.2) is 0 Å². The molecule has 3 aliphatic rings. The van der Waals surface area contributed by atoms with Crippen LogP contribution in [-0.4, -0.2) is 46.7 Å². The number of para-hydroxylation sites is 2. The SMILES string of the molecule is CNCC1(CN2[C@@H]3CC[C@H]2CC(n2c(C)nc4ccccc42)C3)CCc2ccccc21. The molecule has 6 rings (SSSR count). The Morgan fingerprint density at radius 3 is 2.55 bits per heavy atom. The Labute approximate surface area is 185 Å². The number of rotatable bonds is 5. The molecule has 2 fully saturated rings. The zero-order chi connectivity index (χ0) is 21.0. The summed E-state index contributed by atoms with van der Waals surface area (Å²) >= 11 is 0. The highest BCUT2D eigenvalue weighted by Gasteiger charge is 2.47. The van der Waals surface area contributed by atoms with Crippen molar-refractivity contribution in [3.05, 3.63) is 65.5 Å². The maximum absolute atomic E-state index is 4.86. The van der Waals surface area contributed by atoms with Gasteiger partial charge in [-0.3, -0.25) is 4.90 Å². The molecule has 2 saturated heterocycles. The molecular formula is C27H34N4. The van der Waals surface area contributed by atoms with Crippen LogP contribution in [0.2, 0.25) is 0 Å². The van der Waals surface area contributed by atoms with Crippen LogP contribution in [0.4, 0.5) is 0 Å². The number of nitrogens with one attached hydrogen (secondary N) is 1. The second-order valence-electron chi connectivity index (χ2n) is 10.2. The van der Waals surface area contributed by atoms with Crippen LogP contribution < -0.4 is 5.32 Å². The van der Waals surface area contributed by atoms with Crippen molar-refractivity contribution in [1.82, 2.24) is 19.8 Å². The number of nitrogens with zero attached hydrogens (tertiary/aromatic N) is 3. The Morgan fingerprint density at radius 1 is 1.00 bits per heavy atom. The van der Waals surface area contributed by atoms with Gasteiger partial charge in [0.1, 0.15) is 5.82 Å². The molecule has 31 heavy (non-hydrogen) atoms. The van der Waals surface area contributed by atoms with E-state index in [4.69, 9.17) is 4.98 Å². The van der Waals surface area contributed by atoms with E-state index in [-0.39, 0.29) is 5.41 Å². The highest BCUT2D eigenvalue weighted by molar-refractivity contribution is 5.76. The molecule has 2 unspecified atom stereocenters. The first-order valence-electron chi connectivity index (χ1n) is 12.1. The van der Waals surface area contributed by atoms with E-state index in [0.29, 0.717) is 18.1 Å². The molecule has 2 aromatic carbocycles. The fourth-order valence-electron chi connectivity index (χ4n) is 7.20. The third kappa shape index (κ3) is 3.07. The largest absolute Gasteiger partial charge is 0.325 e. The molecule has 0 saturated carbocycles. The van der Waals surface area contributed by atoms with Gasteiger partial charge in [0.25, 0.3) is 0 Å². The number of benzene rings is 2. The summed E-state index contributed by atoms with van der Waals surface area (Å²) in [5, 5.41) is 3.55. The molecule has 4 heteroatoms. The molecular weight excluding hydrogens is 380 g/mol. The average molecular weight is 415 g/mol. The van der Waals surface area contributed by atoms with Gasteiger partial charge in [0.2, 0.25) is 0 Å². The van der Waals surface area contributed by atoms with Crippen LogP contribution in [0.25, 0.3) is 11.0 Å². The third-order valence-corrected chi connectivity index (χ3v) is 8.46. The lowest BCUT2D eigenvalue weighted by Crippen LogP contribution is -2.52. The maximum atomic E-state index is 4.86. The molecule has 3 heterocycles. The van der Waals surface area contributed by atoms with Crippen LogP contribution in [0.5, 0.6) is 0 Å². The maximum Gasteiger partial charge on any atom is 0.106 e. The summed E-state index contributed by atoms with van der Waals surface area (Å²) in [7, 11) is 2.12. The van der Waals surface area contributed by atoms with Gasteiger partial charge in [-0.1, -0.05) is 36.4 Å². The quantitative estimate of drug-likeness (QED) is 0.661. The molecule has 1 aliphatic carbocycles. The number of aryl methyl sites for hydroxylation is 2. The summed E-state index contributed by atoms with van der Waals surface area (Å²) in [5.74, 6) is 1.18. The van der Waals surface area contributed by atoms with E-state index in [0.717, 1.165) is 12.1 Å². The van der Waals surface area contributed by atoms with Crippen molar-refractivity contribution < 1.29 is 0 Å². The molecule has 1 aromatic heterocycles. The first-order valence-corrected chi connectivity index (χ1v) is 12.1. The van der Waals surface area contributed by atoms with Crippen LogP contribution in [0, 0.1) is 6.92 Å². The Morgan fingerprint density at radius 2 is 1.74 bits per heavy atom. The van der Waals surface area contributed by atoms with Crippen molar-refractivity contribution >= 4 is 11.0 Å². The van der Waals surface area contributed by atoms with Crippen LogP contribution in [-0.2, 0) is 11.8 Å². The van der Waals surface area contributed by atoms with Gasteiger partial charge in [-0.15, -0.1) is 0 Å². The molecule has 162 valence electrons. The smallest absolute Gasteiger partial charge is 0.106 e. The Bertz CT molecular complexity index is 1080. The third-order valence-electron chi connectivity index (χ3n) is 8.46. The fourth-order valence-corrected chi connectivity index (χ4v) is 7.20. The number of fused-ring (bicyclic) bond motifs is 4. The molecule has 4 atom stereocenters. The average Bonchev–Trinajstić information content (AvgIpc) is 3.37. The van der Waals surface area contributed by atoms with Crippen molar-refractivity contribution in [2.24, 2.45) is 0 Å². The van der Waals surface area contributed by atoms with Gasteiger partial charge in [-0.05, 0) is 75.8 Å². The van der Waals surface area contributed by atoms with E-state index >= 15 is 0 Å². The summed E-state index contributed by atoms with van der Waals surface area (Å²) in [6.45, 7) is 4.47. The highest BCUT2D eigenvalue weighted by Crippen LogP contribution is 2.46. The summed E-state index contributed by atoms with van der Waals surface area (Å²) in [6.07, 6.45) is 7.72. The summed E-state index contributed by atoms with van der Waals surface area (Å²) < 4.78 is 2.55. The highest BCUT2D eigenvalue weighted by atomic mass is 15.3. The Kier molecular flexibility index (Phi) is 4.69. The van der Waals surface area contributed by atoms with E-state index in [9.17, 15) is 0 Å². The summed E-state index contributed by atoms with van der Waals surface area (Å²) in [6, 6.07) is 19.8. The number of likely N-dealkylation sites (N-methyl/N-ethyl adjacent to an activating group) is 1. The monoisotopic (exact) mass is 414 g/mol. The lowest BCUT2D eigenvalue weighted by atomic mass is 9.79. The van der Waals surface area contributed by atoms with Gasteiger partial charge in [-0.25, -0.2) is 4.98 Å². The van der Waals surface area contributed by atoms with E-state index in [2.05, 4.69) is 77.3 Å². The minimum atomic E-state index is 0.261. The van der Waals surface area contributed by atoms with Crippen molar-refractivity contribution in [2.45, 2.75) is 69.0 Å². The van der Waals surface area contributed by atoms with Gasteiger partial charge < -0.3 is 9.88 Å². The second-order valence-corrected chi connectivity index (χ2v) is 10.2. The Balaban J connectivity index is 1.28. The topological polar surface area (TPSA) is 33.1 Å². The van der Waals surface area contributed by atoms with E-state index in [1.54, 1.807) is 11.1 Å². The second kappa shape index (κ2) is 7.46. The van der Waals surface area contributed by atoms with Crippen LogP contribution in [0.3, 0.4) is 0 Å². The minimum absolute atomic E-state index is 0.261. The van der Waals surface area contributed by atoms with Crippen LogP contribution >= 0.6 is 0 Å². The van der Waals surface area contributed by atoms with Crippen molar-refractivity contribution in [3.8, 4) is 0 Å². The number of imidazole rings is 1. The van der Waals surface area contributed by atoms with E-state index < -0.39 is 0 Å². The molecule has 2 bridgehead atoms. The van der Waals surface area contributed by atoms with Crippen molar-refractivity contribution in [2.75, 3.05) is 20.1 Å². The molecule has 2 aliphatic heterocycles. The number of hydrogen-bond donors (Lipinski definition) is 1. The predicted octanol–water partition coefficient (Wildman–Crippen LogP) is 4.62. The van der Waals surface area contributed by atoms with Gasteiger partial charge in [0, 0.05) is 36.6 Å². The number of hydrogen-bond acceptors (Lipinski definition) is 3. The van der Waals surface area contributed by atoms with Gasteiger partial charge >= 0.3 is 0 Å². The zero-order valence-electron chi connectivity index (χ0n) is 18.8. The first kappa shape index (κ1) is 19.5. The summed E-state index contributed by atoms with van der Waals surface area (Å²) in [4.78, 5) is 7.77. The van der Waals surface area contributed by atoms with Gasteiger partial charge in [-0.2, -0.15) is 0 Å². The zero-order valence-corrected chi connectivity index (χ0v) is 18.8. The van der Waals surface area contributed by atoms with Crippen LogP contribution in [0.15, 0.2) is 48.5 Å². The van der Waals surface area contributed by atoms with Crippen molar-refractivity contribution in [1.29, 1.82) is 0 Å². The number of piperidine rings is 1. The van der Waals surface area contributed by atoms with Gasteiger partial charge in [0.05, 0.1) is 11.0 Å². The van der Waals surface area contributed by atoms with E-state index in [1.807, 2.05) is 0 Å². The lowest BCUT2D eigenvalue weighted by molar-refractivity contribution is 0.0791. The minimum Gasteiger partial charge on any atom is -0.325 e. The number of aromatic nitrogens is 2. The first-order chi connectivity index (χ1) is 15.2. The fraction of sp³-hybridized carbons (Fsp3) is 0.519. The van der Waals surface area contributed by atoms with Crippen LogP contribution in [0.1, 0.15) is 55.1 Å². The molecule has 4 nitrogen and oxygen atoms in total. The molecule has 0 amide bonds. The normalized spacial score (nSPS) is 30.2. The molecule has 3 aromatic rings. The molecule has 0 radical (unpaired) electrons. The molecule has 1 N–H and O–H groups in total. The van der Waals surface area contributed by atoms with E-state index in [1.165, 1.54) is 56.4 Å². The predicted molar refractivity (Wildman–Crippen MR) is 127 cm³/mol. The summed E-state index contributed by atoms with van der Waals surface area (Å²) in [5.41, 5.74) is 5.89. The standard InChI is InChI=1S/C27H34N4/c1-19-29-25-9-5-6-10-26(25)31(19)23-15-21-11-12-22(16-23)30(21)18-27(17-28-2)14-13-20-7-3-4-8-24(20)27/h3-10,21-23,28H,11-18H2,1-2H3/t21-,22+,23?,27?.